The monoisotopic (exact) mass is 326 g/mol. The Morgan fingerprint density at radius 1 is 1.36 bits per heavy atom. The molecule has 0 fully saturated rings. The fourth-order valence-electron chi connectivity index (χ4n) is 1.54. The van der Waals surface area contributed by atoms with E-state index in [1.54, 1.807) is 24.7 Å². The molecule has 0 aliphatic rings. The van der Waals surface area contributed by atoms with Gasteiger partial charge in [-0.3, -0.25) is 4.18 Å². The van der Waals surface area contributed by atoms with Crippen molar-refractivity contribution in [2.75, 3.05) is 12.4 Å². The molecule has 120 valence electrons. The summed E-state index contributed by atoms with van der Waals surface area (Å²) in [5, 5.41) is 4.14. The topological polar surface area (TPSA) is 86.2 Å². The smallest absolute Gasteiger partial charge is 0.273 e. The van der Waals surface area contributed by atoms with Gasteiger partial charge in [-0.25, -0.2) is 4.98 Å². The maximum absolute atomic E-state index is 11.8. The summed E-state index contributed by atoms with van der Waals surface area (Å²) in [5.74, 6) is 0.347. The Bertz CT molecular complexity index is 689. The standard InChI is InChI=1S/C14H20N3O4S/c1-14(2,3)11-21-22(18,19)9-7-17-6-4-12(10-16-17)13-15-5-8-20-13/h4-6,8,10H,7,9,11H2,1-3H3/q+1. The fraction of sp³-hybridized carbons (Fsp3) is 0.500. The number of oxazole rings is 1. The second-order valence-electron chi connectivity index (χ2n) is 6.10. The van der Waals surface area contributed by atoms with Crippen LogP contribution in [0.4, 0.5) is 0 Å². The molecule has 8 heteroatoms. The van der Waals surface area contributed by atoms with Crippen molar-refractivity contribution in [3.63, 3.8) is 0 Å². The molecule has 22 heavy (non-hydrogen) atoms. The fourth-order valence-corrected chi connectivity index (χ4v) is 2.60. The van der Waals surface area contributed by atoms with Crippen LogP contribution in [0.3, 0.4) is 0 Å². The quantitative estimate of drug-likeness (QED) is 0.589. The van der Waals surface area contributed by atoms with Crippen LogP contribution in [-0.4, -0.2) is 30.9 Å². The molecule has 0 aliphatic carbocycles. The zero-order valence-electron chi connectivity index (χ0n) is 12.9. The number of aryl methyl sites for hydroxylation is 1. The van der Waals surface area contributed by atoms with Gasteiger partial charge in [0.15, 0.2) is 12.7 Å². The third kappa shape index (κ3) is 5.19. The van der Waals surface area contributed by atoms with E-state index >= 15 is 0 Å². The van der Waals surface area contributed by atoms with Crippen LogP contribution in [0.25, 0.3) is 11.5 Å². The molecule has 0 N–H and O–H groups in total. The van der Waals surface area contributed by atoms with Crippen molar-refractivity contribution in [3.8, 4) is 11.5 Å². The van der Waals surface area contributed by atoms with Crippen LogP contribution in [0, 0.1) is 5.41 Å². The van der Waals surface area contributed by atoms with Crippen molar-refractivity contribution < 1.29 is 21.7 Å². The van der Waals surface area contributed by atoms with E-state index in [4.69, 9.17) is 8.60 Å². The molecule has 0 atom stereocenters. The first-order valence-electron chi connectivity index (χ1n) is 6.88. The average molecular weight is 326 g/mol. The molecule has 2 aromatic rings. The van der Waals surface area contributed by atoms with Crippen molar-refractivity contribution in [1.82, 2.24) is 10.1 Å². The zero-order valence-corrected chi connectivity index (χ0v) is 13.7. The minimum Gasteiger partial charge on any atom is -0.444 e. The van der Waals surface area contributed by atoms with Gasteiger partial charge in [0.1, 0.15) is 18.2 Å². The SMILES string of the molecule is CC(C)(C)COS(=O)(=O)CC[n+]1ccc(-c2ncco2)cn1. The molecule has 7 nitrogen and oxygen atoms in total. The van der Waals surface area contributed by atoms with Gasteiger partial charge in [0.2, 0.25) is 5.89 Å². The van der Waals surface area contributed by atoms with Crippen molar-refractivity contribution in [2.24, 2.45) is 5.41 Å². The van der Waals surface area contributed by atoms with Gasteiger partial charge in [0, 0.05) is 6.07 Å². The van der Waals surface area contributed by atoms with Gasteiger partial charge in [-0.15, -0.1) is 0 Å². The lowest BCUT2D eigenvalue weighted by atomic mass is 9.99. The first-order chi connectivity index (χ1) is 10.3. The Morgan fingerprint density at radius 2 is 2.14 bits per heavy atom. The highest BCUT2D eigenvalue weighted by Gasteiger charge is 2.20. The summed E-state index contributed by atoms with van der Waals surface area (Å²) in [6.45, 7) is 6.13. The van der Waals surface area contributed by atoms with Crippen molar-refractivity contribution in [1.29, 1.82) is 0 Å². The summed E-state index contributed by atoms with van der Waals surface area (Å²) < 4.78 is 35.3. The first kappa shape index (κ1) is 16.6. The minimum absolute atomic E-state index is 0.126. The molecular formula is C14H20N3O4S+. The Kier molecular flexibility index (Phi) is 4.92. The number of rotatable bonds is 6. The van der Waals surface area contributed by atoms with Crippen LogP contribution in [-0.2, 0) is 20.8 Å². The molecular weight excluding hydrogens is 306 g/mol. The van der Waals surface area contributed by atoms with E-state index in [2.05, 4.69) is 10.1 Å². The van der Waals surface area contributed by atoms with Gasteiger partial charge in [-0.2, -0.15) is 8.42 Å². The molecule has 0 aliphatic heterocycles. The lowest BCUT2D eigenvalue weighted by Crippen LogP contribution is -2.40. The molecule has 2 heterocycles. The normalized spacial score (nSPS) is 12.5. The highest BCUT2D eigenvalue weighted by Crippen LogP contribution is 2.15. The van der Waals surface area contributed by atoms with E-state index in [0.717, 1.165) is 5.56 Å². The second kappa shape index (κ2) is 6.53. The first-order valence-corrected chi connectivity index (χ1v) is 8.46. The summed E-state index contributed by atoms with van der Waals surface area (Å²) in [6, 6.07) is 1.77. The molecule has 2 aromatic heterocycles. The summed E-state index contributed by atoms with van der Waals surface area (Å²) in [7, 11) is -3.56. The van der Waals surface area contributed by atoms with Crippen LogP contribution in [0.2, 0.25) is 0 Å². The third-order valence-corrected chi connectivity index (χ3v) is 3.85. The van der Waals surface area contributed by atoms with Gasteiger partial charge < -0.3 is 4.42 Å². The van der Waals surface area contributed by atoms with Crippen LogP contribution in [0.15, 0.2) is 35.3 Å². The number of nitrogens with zero attached hydrogens (tertiary/aromatic N) is 3. The van der Waals surface area contributed by atoms with Gasteiger partial charge >= 0.3 is 0 Å². The van der Waals surface area contributed by atoms with E-state index in [1.807, 2.05) is 20.8 Å². The number of hydrogen-bond acceptors (Lipinski definition) is 6. The largest absolute Gasteiger partial charge is 0.444 e. The predicted octanol–water partition coefficient (Wildman–Crippen LogP) is 1.42. The van der Waals surface area contributed by atoms with Crippen LogP contribution < -0.4 is 4.68 Å². The van der Waals surface area contributed by atoms with E-state index in [0.29, 0.717) is 5.89 Å². The molecule has 0 amide bonds. The Hall–Kier alpha value is -1.80. The van der Waals surface area contributed by atoms with E-state index in [-0.39, 0.29) is 24.3 Å². The average Bonchev–Trinajstić information content (AvgIpc) is 2.97. The summed E-state index contributed by atoms with van der Waals surface area (Å²) >= 11 is 0. The maximum Gasteiger partial charge on any atom is 0.273 e. The molecule has 0 saturated carbocycles. The second-order valence-corrected chi connectivity index (χ2v) is 7.86. The van der Waals surface area contributed by atoms with Gasteiger partial charge in [0.05, 0.1) is 18.4 Å². The van der Waals surface area contributed by atoms with Crippen LogP contribution in [0.1, 0.15) is 20.8 Å². The Labute approximate surface area is 130 Å². The number of aromatic nitrogens is 3. The molecule has 0 spiro atoms. The van der Waals surface area contributed by atoms with E-state index < -0.39 is 10.1 Å². The lowest BCUT2D eigenvalue weighted by Gasteiger charge is -2.17. The molecule has 0 unspecified atom stereocenters. The molecule has 0 saturated heterocycles. The van der Waals surface area contributed by atoms with Gasteiger partial charge in [-0.1, -0.05) is 25.5 Å². The van der Waals surface area contributed by atoms with Gasteiger partial charge in [-0.05, 0) is 10.5 Å². The Morgan fingerprint density at radius 3 is 2.68 bits per heavy atom. The van der Waals surface area contributed by atoms with Crippen molar-refractivity contribution >= 4 is 10.1 Å². The van der Waals surface area contributed by atoms with Crippen molar-refractivity contribution in [3.05, 3.63) is 30.9 Å². The maximum atomic E-state index is 11.8. The summed E-state index contributed by atoms with van der Waals surface area (Å²) in [6.07, 6.45) is 6.29. The summed E-state index contributed by atoms with van der Waals surface area (Å²) in [5.41, 5.74) is 0.531. The predicted molar refractivity (Wildman–Crippen MR) is 79.1 cm³/mol. The molecule has 0 bridgehead atoms. The molecule has 0 radical (unpaired) electrons. The van der Waals surface area contributed by atoms with Crippen LogP contribution in [0.5, 0.6) is 0 Å². The minimum atomic E-state index is -3.56. The van der Waals surface area contributed by atoms with E-state index in [1.165, 1.54) is 10.9 Å². The summed E-state index contributed by atoms with van der Waals surface area (Å²) in [4.78, 5) is 4.02. The van der Waals surface area contributed by atoms with E-state index in [9.17, 15) is 8.42 Å². The van der Waals surface area contributed by atoms with Crippen LogP contribution >= 0.6 is 0 Å². The third-order valence-electron chi connectivity index (χ3n) is 2.69. The molecule has 0 aromatic carbocycles. The van der Waals surface area contributed by atoms with Crippen molar-refractivity contribution in [2.45, 2.75) is 27.3 Å². The molecule has 2 rings (SSSR count). The highest BCUT2D eigenvalue weighted by molar-refractivity contribution is 7.86. The zero-order chi connectivity index (χ0) is 16.2. The highest BCUT2D eigenvalue weighted by atomic mass is 32.2. The Balaban J connectivity index is 1.91. The number of hydrogen-bond donors (Lipinski definition) is 0. The lowest BCUT2D eigenvalue weighted by molar-refractivity contribution is -0.750. The van der Waals surface area contributed by atoms with Gasteiger partial charge in [0.25, 0.3) is 10.1 Å².